The molecule has 0 atom stereocenters. The molecule has 1 N–H and O–H groups in total. The number of hydrogen-bond donors (Lipinski definition) is 1. The molecule has 0 unspecified atom stereocenters. The number of carboxylic acid groups (broad SMARTS) is 1. The number of halogens is 1. The fourth-order valence-corrected chi connectivity index (χ4v) is 2.53. The molecule has 0 radical (unpaired) electrons. The first kappa shape index (κ1) is 13.2. The van der Waals surface area contributed by atoms with Crippen molar-refractivity contribution in [3.8, 4) is 5.75 Å². The van der Waals surface area contributed by atoms with Crippen LogP contribution in [-0.4, -0.2) is 36.2 Å². The van der Waals surface area contributed by atoms with E-state index in [1.807, 2.05) is 18.2 Å². The highest BCUT2D eigenvalue weighted by Crippen LogP contribution is 2.27. The molecule has 0 amide bonds. The third-order valence-corrected chi connectivity index (χ3v) is 3.41. The summed E-state index contributed by atoms with van der Waals surface area (Å²) in [7, 11) is 1.59. The van der Waals surface area contributed by atoms with Crippen LogP contribution in [0.25, 0.3) is 0 Å². The standard InChI is InChI=1S/C13H16ClNO3/c1-18-12-3-2-9(4-11(12)14)6-15-7-10(8-15)5-13(16)17/h2-4,10H,5-8H2,1H3,(H,16,17). The maximum Gasteiger partial charge on any atom is 0.303 e. The summed E-state index contributed by atoms with van der Waals surface area (Å²) in [5.41, 5.74) is 1.12. The van der Waals surface area contributed by atoms with Gasteiger partial charge in [0.1, 0.15) is 5.75 Å². The van der Waals surface area contributed by atoms with Crippen molar-refractivity contribution in [2.24, 2.45) is 5.92 Å². The second kappa shape index (κ2) is 5.59. The zero-order chi connectivity index (χ0) is 13.1. The highest BCUT2D eigenvalue weighted by atomic mass is 35.5. The van der Waals surface area contributed by atoms with Crippen LogP contribution in [-0.2, 0) is 11.3 Å². The first-order valence-electron chi connectivity index (χ1n) is 5.85. The smallest absolute Gasteiger partial charge is 0.303 e. The van der Waals surface area contributed by atoms with Crippen molar-refractivity contribution in [2.75, 3.05) is 20.2 Å². The van der Waals surface area contributed by atoms with Gasteiger partial charge in [0.05, 0.1) is 18.6 Å². The molecule has 0 aliphatic carbocycles. The lowest BCUT2D eigenvalue weighted by Crippen LogP contribution is -2.46. The van der Waals surface area contributed by atoms with Crippen LogP contribution in [0.3, 0.4) is 0 Å². The molecule has 1 fully saturated rings. The van der Waals surface area contributed by atoms with Gasteiger partial charge in [-0.15, -0.1) is 0 Å². The lowest BCUT2D eigenvalue weighted by Gasteiger charge is -2.38. The maximum atomic E-state index is 10.5. The summed E-state index contributed by atoms with van der Waals surface area (Å²) in [6.45, 7) is 2.49. The van der Waals surface area contributed by atoms with Gasteiger partial charge in [0.2, 0.25) is 0 Å². The van der Waals surface area contributed by atoms with Gasteiger partial charge >= 0.3 is 5.97 Å². The summed E-state index contributed by atoms with van der Waals surface area (Å²) >= 11 is 6.05. The van der Waals surface area contributed by atoms with E-state index in [4.69, 9.17) is 21.4 Å². The monoisotopic (exact) mass is 269 g/mol. The third kappa shape index (κ3) is 3.15. The first-order valence-corrected chi connectivity index (χ1v) is 6.23. The van der Waals surface area contributed by atoms with Crippen LogP contribution in [0.5, 0.6) is 5.75 Å². The van der Waals surface area contributed by atoms with E-state index in [-0.39, 0.29) is 12.3 Å². The highest BCUT2D eigenvalue weighted by molar-refractivity contribution is 6.32. The summed E-state index contributed by atoms with van der Waals surface area (Å²) in [4.78, 5) is 12.7. The van der Waals surface area contributed by atoms with Crippen molar-refractivity contribution < 1.29 is 14.6 Å². The molecule has 1 heterocycles. The molecule has 1 aromatic carbocycles. The Morgan fingerprint density at radius 2 is 2.28 bits per heavy atom. The van der Waals surface area contributed by atoms with Crippen molar-refractivity contribution in [2.45, 2.75) is 13.0 Å². The van der Waals surface area contributed by atoms with Crippen molar-refractivity contribution in [3.05, 3.63) is 28.8 Å². The topological polar surface area (TPSA) is 49.8 Å². The van der Waals surface area contributed by atoms with Crippen LogP contribution in [0.1, 0.15) is 12.0 Å². The number of methoxy groups -OCH3 is 1. The zero-order valence-electron chi connectivity index (χ0n) is 10.2. The number of nitrogens with zero attached hydrogens (tertiary/aromatic N) is 1. The molecule has 1 saturated heterocycles. The van der Waals surface area contributed by atoms with Crippen LogP contribution in [0.2, 0.25) is 5.02 Å². The minimum absolute atomic E-state index is 0.264. The van der Waals surface area contributed by atoms with E-state index in [9.17, 15) is 4.79 Å². The Morgan fingerprint density at radius 3 is 2.83 bits per heavy atom. The van der Waals surface area contributed by atoms with Gasteiger partial charge in [-0.05, 0) is 23.6 Å². The third-order valence-electron chi connectivity index (χ3n) is 3.12. The van der Waals surface area contributed by atoms with Crippen molar-refractivity contribution >= 4 is 17.6 Å². The normalized spacial score (nSPS) is 16.3. The zero-order valence-corrected chi connectivity index (χ0v) is 11.0. The van der Waals surface area contributed by atoms with Crippen molar-refractivity contribution in [1.82, 2.24) is 4.90 Å². The molecule has 98 valence electrons. The molecule has 1 aromatic rings. The molecule has 2 rings (SSSR count). The van der Waals surface area contributed by atoms with Crippen molar-refractivity contribution in [3.63, 3.8) is 0 Å². The van der Waals surface area contributed by atoms with Crippen LogP contribution in [0, 0.1) is 5.92 Å². The summed E-state index contributed by atoms with van der Waals surface area (Å²) in [5, 5.41) is 9.28. The summed E-state index contributed by atoms with van der Waals surface area (Å²) in [5.74, 6) is 0.246. The molecular weight excluding hydrogens is 254 g/mol. The molecule has 1 aliphatic heterocycles. The Balaban J connectivity index is 1.85. The Hall–Kier alpha value is -1.26. The van der Waals surface area contributed by atoms with E-state index in [0.717, 1.165) is 25.2 Å². The molecule has 0 bridgehead atoms. The van der Waals surface area contributed by atoms with E-state index in [1.54, 1.807) is 7.11 Å². The number of aliphatic carboxylic acids is 1. The Bertz CT molecular complexity index is 444. The lowest BCUT2D eigenvalue weighted by atomic mass is 9.96. The fraction of sp³-hybridized carbons (Fsp3) is 0.462. The summed E-state index contributed by atoms with van der Waals surface area (Å²) < 4.78 is 5.10. The van der Waals surface area contributed by atoms with E-state index in [0.29, 0.717) is 10.8 Å². The number of benzene rings is 1. The molecule has 0 aromatic heterocycles. The molecule has 0 saturated carbocycles. The van der Waals surface area contributed by atoms with Crippen molar-refractivity contribution in [1.29, 1.82) is 0 Å². The average Bonchev–Trinajstić information content (AvgIpc) is 2.26. The predicted molar refractivity (Wildman–Crippen MR) is 69.0 cm³/mol. The van der Waals surface area contributed by atoms with Gasteiger partial charge in [0, 0.05) is 19.6 Å². The number of rotatable bonds is 5. The number of ether oxygens (including phenoxy) is 1. The molecule has 4 nitrogen and oxygen atoms in total. The average molecular weight is 270 g/mol. The number of carboxylic acids is 1. The molecule has 5 heteroatoms. The number of carbonyl (C=O) groups is 1. The molecule has 18 heavy (non-hydrogen) atoms. The van der Waals surface area contributed by atoms with Crippen LogP contribution in [0.4, 0.5) is 0 Å². The fourth-order valence-electron chi connectivity index (χ4n) is 2.25. The quantitative estimate of drug-likeness (QED) is 0.891. The Kier molecular flexibility index (Phi) is 4.09. The van der Waals surface area contributed by atoms with Crippen LogP contribution >= 0.6 is 11.6 Å². The van der Waals surface area contributed by atoms with E-state index >= 15 is 0 Å². The maximum absolute atomic E-state index is 10.5. The minimum Gasteiger partial charge on any atom is -0.495 e. The molecule has 0 spiro atoms. The molecule has 1 aliphatic rings. The van der Waals surface area contributed by atoms with Gasteiger partial charge in [-0.1, -0.05) is 17.7 Å². The van der Waals surface area contributed by atoms with E-state index < -0.39 is 5.97 Å². The van der Waals surface area contributed by atoms with Gasteiger partial charge in [-0.25, -0.2) is 0 Å². The van der Waals surface area contributed by atoms with Crippen LogP contribution in [0.15, 0.2) is 18.2 Å². The van der Waals surface area contributed by atoms with E-state index in [2.05, 4.69) is 4.90 Å². The Labute approximate surface area is 111 Å². The SMILES string of the molecule is COc1ccc(CN2CC(CC(=O)O)C2)cc1Cl. The first-order chi connectivity index (χ1) is 8.58. The second-order valence-corrected chi connectivity index (χ2v) is 5.03. The van der Waals surface area contributed by atoms with E-state index in [1.165, 1.54) is 0 Å². The predicted octanol–water partition coefficient (Wildman–Crippen LogP) is 2.26. The number of hydrogen-bond acceptors (Lipinski definition) is 3. The number of likely N-dealkylation sites (tertiary alicyclic amines) is 1. The minimum atomic E-state index is -0.716. The van der Waals surface area contributed by atoms with Gasteiger partial charge in [0.25, 0.3) is 0 Å². The summed E-state index contributed by atoms with van der Waals surface area (Å²) in [6, 6.07) is 5.73. The van der Waals surface area contributed by atoms with Crippen LogP contribution < -0.4 is 4.74 Å². The Morgan fingerprint density at radius 1 is 1.56 bits per heavy atom. The molecular formula is C13H16ClNO3. The lowest BCUT2D eigenvalue weighted by molar-refractivity contribution is -0.139. The van der Waals surface area contributed by atoms with Gasteiger partial charge in [-0.3, -0.25) is 9.69 Å². The summed E-state index contributed by atoms with van der Waals surface area (Å²) in [6.07, 6.45) is 0.264. The largest absolute Gasteiger partial charge is 0.495 e. The highest BCUT2D eigenvalue weighted by Gasteiger charge is 2.28. The van der Waals surface area contributed by atoms with Gasteiger partial charge < -0.3 is 9.84 Å². The van der Waals surface area contributed by atoms with Gasteiger partial charge in [0.15, 0.2) is 0 Å². The van der Waals surface area contributed by atoms with Gasteiger partial charge in [-0.2, -0.15) is 0 Å². The second-order valence-electron chi connectivity index (χ2n) is 4.63.